The molecule has 26 heavy (non-hydrogen) atoms. The van der Waals surface area contributed by atoms with Crippen LogP contribution >= 0.6 is 0 Å². The molecule has 0 bridgehead atoms. The quantitative estimate of drug-likeness (QED) is 0.848. The van der Waals surface area contributed by atoms with E-state index in [-0.39, 0.29) is 29.7 Å². The Morgan fingerprint density at radius 3 is 3.00 bits per heavy atom. The second-order valence-corrected chi connectivity index (χ2v) is 6.78. The Morgan fingerprint density at radius 1 is 1.35 bits per heavy atom. The molecule has 2 aliphatic rings. The zero-order valence-corrected chi connectivity index (χ0v) is 14.6. The van der Waals surface area contributed by atoms with Gasteiger partial charge in [0.15, 0.2) is 0 Å². The number of amides is 1. The van der Waals surface area contributed by atoms with E-state index in [0.29, 0.717) is 24.5 Å². The number of benzene rings is 1. The van der Waals surface area contributed by atoms with Crippen molar-refractivity contribution in [3.63, 3.8) is 0 Å². The molecule has 3 atom stereocenters. The van der Waals surface area contributed by atoms with Gasteiger partial charge in [-0.25, -0.2) is 4.39 Å². The highest BCUT2D eigenvalue weighted by atomic mass is 19.1. The number of halogens is 1. The zero-order valence-electron chi connectivity index (χ0n) is 14.6. The maximum absolute atomic E-state index is 14.3. The molecule has 0 unspecified atom stereocenters. The van der Waals surface area contributed by atoms with Crippen molar-refractivity contribution in [1.82, 2.24) is 9.88 Å². The number of rotatable bonds is 3. The first-order chi connectivity index (χ1) is 12.6. The molecule has 5 nitrogen and oxygen atoms in total. The summed E-state index contributed by atoms with van der Waals surface area (Å²) in [6, 6.07) is 8.23. The van der Waals surface area contributed by atoms with Gasteiger partial charge in [-0.1, -0.05) is 12.1 Å². The molecule has 0 N–H and O–H groups in total. The fourth-order valence-electron chi connectivity index (χ4n) is 3.88. The number of fused-ring (bicyclic) bond motifs is 1. The normalized spacial score (nSPS) is 25.0. The molecule has 0 saturated carbocycles. The highest BCUT2D eigenvalue weighted by Gasteiger charge is 2.48. The van der Waals surface area contributed by atoms with Gasteiger partial charge in [-0.05, 0) is 43.5 Å². The monoisotopic (exact) mass is 356 g/mol. The van der Waals surface area contributed by atoms with Crippen LogP contribution in [0.1, 0.15) is 28.8 Å². The van der Waals surface area contributed by atoms with E-state index in [1.165, 1.54) is 6.07 Å². The first-order valence-electron chi connectivity index (χ1n) is 8.89. The first kappa shape index (κ1) is 17.0. The fourth-order valence-corrected chi connectivity index (χ4v) is 3.88. The van der Waals surface area contributed by atoms with Gasteiger partial charge in [0.05, 0.1) is 24.3 Å². The van der Waals surface area contributed by atoms with Crippen molar-refractivity contribution in [2.24, 2.45) is 0 Å². The number of likely N-dealkylation sites (tertiary alicyclic amines) is 1. The van der Waals surface area contributed by atoms with Crippen LogP contribution in [0.5, 0.6) is 5.75 Å². The number of pyridine rings is 1. The second-order valence-electron chi connectivity index (χ2n) is 6.78. The van der Waals surface area contributed by atoms with Crippen LogP contribution in [-0.4, -0.2) is 47.2 Å². The van der Waals surface area contributed by atoms with Gasteiger partial charge < -0.3 is 14.4 Å². The lowest BCUT2D eigenvalue weighted by Gasteiger charge is -2.32. The number of nitrogens with zero attached hydrogens (tertiary/aromatic N) is 2. The van der Waals surface area contributed by atoms with E-state index >= 15 is 0 Å². The van der Waals surface area contributed by atoms with Gasteiger partial charge in [0.2, 0.25) is 0 Å². The van der Waals surface area contributed by atoms with E-state index in [2.05, 4.69) is 4.98 Å². The number of carbonyl (C=O) groups excluding carboxylic acids is 1. The largest absolute Gasteiger partial charge is 0.484 e. The van der Waals surface area contributed by atoms with Crippen molar-refractivity contribution >= 4 is 5.91 Å². The highest BCUT2D eigenvalue weighted by molar-refractivity contribution is 5.96. The van der Waals surface area contributed by atoms with E-state index in [0.717, 1.165) is 12.8 Å². The molecule has 1 amide bonds. The molecule has 136 valence electrons. The molecule has 4 rings (SSSR count). The van der Waals surface area contributed by atoms with E-state index in [9.17, 15) is 9.18 Å². The van der Waals surface area contributed by atoms with Crippen LogP contribution in [0, 0.1) is 12.7 Å². The van der Waals surface area contributed by atoms with Crippen LogP contribution < -0.4 is 4.74 Å². The number of aryl methyl sites for hydroxylation is 1. The standard InChI is InChI=1S/C20H21FN2O3/c1-13-5-2-7-15(21)18(13)20(24)23-12-17(19-16(23)8-4-10-25-19)26-14-6-3-9-22-11-14/h2-3,5-7,9,11,16-17,19H,4,8,10,12H2,1H3/t16-,17+,19+/m1/s1. The van der Waals surface area contributed by atoms with Gasteiger partial charge in [0.1, 0.15) is 23.8 Å². The number of hydrogen-bond acceptors (Lipinski definition) is 4. The average Bonchev–Trinajstić information content (AvgIpc) is 3.01. The van der Waals surface area contributed by atoms with Crippen LogP contribution in [0.4, 0.5) is 4.39 Å². The van der Waals surface area contributed by atoms with Crippen molar-refractivity contribution in [1.29, 1.82) is 0 Å². The molecule has 2 saturated heterocycles. The summed E-state index contributed by atoms with van der Waals surface area (Å²) in [6.07, 6.45) is 4.53. The Bertz CT molecular complexity index is 779. The summed E-state index contributed by atoms with van der Waals surface area (Å²) in [6.45, 7) is 2.77. The molecule has 2 aromatic rings. The van der Waals surface area contributed by atoms with Crippen LogP contribution in [-0.2, 0) is 4.74 Å². The van der Waals surface area contributed by atoms with Crippen LogP contribution in [0.2, 0.25) is 0 Å². The molecule has 1 aromatic carbocycles. The van der Waals surface area contributed by atoms with Gasteiger partial charge in [-0.2, -0.15) is 0 Å². The Labute approximate surface area is 151 Å². The zero-order chi connectivity index (χ0) is 18.1. The Balaban J connectivity index is 1.61. The molecule has 6 heteroatoms. The average molecular weight is 356 g/mol. The van der Waals surface area contributed by atoms with E-state index in [4.69, 9.17) is 9.47 Å². The SMILES string of the molecule is Cc1cccc(F)c1C(=O)N1C[C@H](Oc2cccnc2)[C@H]2OCCC[C@H]21. The fraction of sp³-hybridized carbons (Fsp3) is 0.400. The lowest BCUT2D eigenvalue weighted by molar-refractivity contribution is -0.0447. The summed E-state index contributed by atoms with van der Waals surface area (Å²) in [5.74, 6) is -0.139. The van der Waals surface area contributed by atoms with Crippen LogP contribution in [0.25, 0.3) is 0 Å². The van der Waals surface area contributed by atoms with E-state index in [1.807, 2.05) is 6.07 Å². The highest BCUT2D eigenvalue weighted by Crippen LogP contribution is 2.33. The van der Waals surface area contributed by atoms with Gasteiger partial charge in [0.25, 0.3) is 5.91 Å². The number of hydrogen-bond donors (Lipinski definition) is 0. The molecule has 0 spiro atoms. The lowest BCUT2D eigenvalue weighted by atomic mass is 10.0. The minimum Gasteiger partial charge on any atom is -0.484 e. The minimum absolute atomic E-state index is 0.100. The molecular formula is C20H21FN2O3. The van der Waals surface area contributed by atoms with Gasteiger partial charge in [0, 0.05) is 12.8 Å². The maximum Gasteiger partial charge on any atom is 0.257 e. The third-order valence-electron chi connectivity index (χ3n) is 5.10. The molecule has 2 fully saturated rings. The van der Waals surface area contributed by atoms with Gasteiger partial charge >= 0.3 is 0 Å². The van der Waals surface area contributed by atoms with Crippen molar-refractivity contribution in [3.05, 3.63) is 59.7 Å². The Kier molecular flexibility index (Phi) is 4.59. The summed E-state index contributed by atoms with van der Waals surface area (Å²) < 4.78 is 26.3. The summed E-state index contributed by atoms with van der Waals surface area (Å²) in [5, 5.41) is 0. The van der Waals surface area contributed by atoms with E-state index in [1.54, 1.807) is 42.4 Å². The predicted octanol–water partition coefficient (Wildman–Crippen LogP) is 2.98. The predicted molar refractivity (Wildman–Crippen MR) is 93.6 cm³/mol. The van der Waals surface area contributed by atoms with Crippen molar-refractivity contribution in [2.45, 2.75) is 38.0 Å². The molecular weight excluding hydrogens is 335 g/mol. The third kappa shape index (κ3) is 3.05. The topological polar surface area (TPSA) is 51.7 Å². The Morgan fingerprint density at radius 2 is 2.23 bits per heavy atom. The van der Waals surface area contributed by atoms with Crippen LogP contribution in [0.3, 0.4) is 0 Å². The molecule has 2 aliphatic heterocycles. The smallest absolute Gasteiger partial charge is 0.257 e. The van der Waals surface area contributed by atoms with Crippen LogP contribution in [0.15, 0.2) is 42.7 Å². The first-order valence-corrected chi connectivity index (χ1v) is 8.89. The summed E-state index contributed by atoms with van der Waals surface area (Å²) in [5.41, 5.74) is 0.777. The second kappa shape index (κ2) is 7.03. The minimum atomic E-state index is -0.486. The summed E-state index contributed by atoms with van der Waals surface area (Å²) >= 11 is 0. The van der Waals surface area contributed by atoms with Crippen molar-refractivity contribution in [2.75, 3.05) is 13.2 Å². The number of carbonyl (C=O) groups is 1. The number of ether oxygens (including phenoxy) is 2. The molecule has 3 heterocycles. The summed E-state index contributed by atoms with van der Waals surface area (Å²) in [7, 11) is 0. The number of aromatic nitrogens is 1. The van der Waals surface area contributed by atoms with E-state index < -0.39 is 5.82 Å². The molecule has 0 aliphatic carbocycles. The van der Waals surface area contributed by atoms with Gasteiger partial charge in [-0.3, -0.25) is 9.78 Å². The molecule has 0 radical (unpaired) electrons. The molecule has 1 aromatic heterocycles. The third-order valence-corrected chi connectivity index (χ3v) is 5.10. The lowest BCUT2D eigenvalue weighted by Crippen LogP contribution is -2.44. The van der Waals surface area contributed by atoms with Crippen molar-refractivity contribution < 1.29 is 18.7 Å². The summed E-state index contributed by atoms with van der Waals surface area (Å²) in [4.78, 5) is 18.9. The Hall–Kier alpha value is -2.47. The maximum atomic E-state index is 14.3. The van der Waals surface area contributed by atoms with Gasteiger partial charge in [-0.15, -0.1) is 0 Å². The van der Waals surface area contributed by atoms with Crippen molar-refractivity contribution in [3.8, 4) is 5.75 Å².